The number of nitrogens with one attached hydrogen (secondary N) is 2. The second-order valence-electron chi connectivity index (χ2n) is 6.13. The van der Waals surface area contributed by atoms with Crippen molar-refractivity contribution in [2.75, 3.05) is 16.6 Å². The molecule has 0 unspecified atom stereocenters. The number of benzene rings is 2. The van der Waals surface area contributed by atoms with Gasteiger partial charge in [-0.15, -0.1) is 11.3 Å². The molecule has 0 radical (unpaired) electrons. The molecule has 3 aromatic rings. The number of sulfonamides is 2. The Morgan fingerprint density at radius 3 is 2.06 bits per heavy atom. The molecule has 0 saturated carbocycles. The number of aromatic carboxylic acids is 1. The molecule has 3 N–H and O–H groups in total. The number of thiophene rings is 1. The Morgan fingerprint density at radius 1 is 0.969 bits per heavy atom. The number of halogens is 2. The molecule has 170 valence electrons. The van der Waals surface area contributed by atoms with Crippen LogP contribution < -0.4 is 14.2 Å². The van der Waals surface area contributed by atoms with Crippen LogP contribution >= 0.6 is 34.5 Å². The minimum absolute atomic E-state index is 0.00629. The maximum Gasteiger partial charge on any atom is 0.335 e. The van der Waals surface area contributed by atoms with E-state index >= 15 is 0 Å². The summed E-state index contributed by atoms with van der Waals surface area (Å²) in [5.41, 5.74) is -0.717. The van der Waals surface area contributed by atoms with Crippen molar-refractivity contribution in [2.45, 2.75) is 9.10 Å². The van der Waals surface area contributed by atoms with Gasteiger partial charge in [-0.3, -0.25) is 9.44 Å². The Hall–Kier alpha value is -2.51. The van der Waals surface area contributed by atoms with Crippen LogP contribution in [0.3, 0.4) is 0 Å². The molecule has 32 heavy (non-hydrogen) atoms. The van der Waals surface area contributed by atoms with Gasteiger partial charge >= 0.3 is 5.97 Å². The molecule has 0 bridgehead atoms. The lowest BCUT2D eigenvalue weighted by molar-refractivity contribution is 0.0696. The molecule has 9 nitrogen and oxygen atoms in total. The number of rotatable bonds is 8. The summed E-state index contributed by atoms with van der Waals surface area (Å²) >= 11 is 13.0. The summed E-state index contributed by atoms with van der Waals surface area (Å²) in [6.07, 6.45) is 0. The summed E-state index contributed by atoms with van der Waals surface area (Å²) in [4.78, 5) is 10.8. The molecule has 2 aromatic carbocycles. The van der Waals surface area contributed by atoms with Crippen molar-refractivity contribution in [3.05, 3.63) is 63.5 Å². The molecule has 3 rings (SSSR count). The van der Waals surface area contributed by atoms with E-state index in [0.29, 0.717) is 0 Å². The van der Waals surface area contributed by atoms with Crippen LogP contribution in [0.1, 0.15) is 10.4 Å². The van der Waals surface area contributed by atoms with Crippen LogP contribution in [0.2, 0.25) is 10.0 Å². The van der Waals surface area contributed by atoms with Gasteiger partial charge in [-0.2, -0.15) is 0 Å². The normalized spacial score (nSPS) is 11.7. The van der Waals surface area contributed by atoms with Crippen LogP contribution in [-0.4, -0.2) is 35.0 Å². The van der Waals surface area contributed by atoms with Gasteiger partial charge in [0, 0.05) is 0 Å². The minimum Gasteiger partial charge on any atom is -0.495 e. The Bertz CT molecular complexity index is 1390. The van der Waals surface area contributed by atoms with Crippen LogP contribution in [-0.2, 0) is 20.0 Å². The highest BCUT2D eigenvalue weighted by Gasteiger charge is 2.25. The molecule has 0 aliphatic rings. The Balaban J connectivity index is 2.08. The van der Waals surface area contributed by atoms with Gasteiger partial charge in [-0.1, -0.05) is 29.3 Å². The molecule has 0 aliphatic heterocycles. The molecule has 0 saturated heterocycles. The van der Waals surface area contributed by atoms with Gasteiger partial charge in [0.15, 0.2) is 0 Å². The first-order chi connectivity index (χ1) is 14.9. The van der Waals surface area contributed by atoms with Gasteiger partial charge in [0.05, 0.1) is 34.1 Å². The first-order valence-electron chi connectivity index (χ1n) is 8.44. The van der Waals surface area contributed by atoms with E-state index in [4.69, 9.17) is 27.9 Å². The monoisotopic (exact) mass is 536 g/mol. The lowest BCUT2D eigenvalue weighted by atomic mass is 10.2. The largest absolute Gasteiger partial charge is 0.495 e. The highest BCUT2D eigenvalue weighted by Crippen LogP contribution is 2.36. The first-order valence-corrected chi connectivity index (χ1v) is 13.0. The summed E-state index contributed by atoms with van der Waals surface area (Å²) in [6.45, 7) is 0. The number of ether oxygens (including phenoxy) is 1. The fourth-order valence-corrected chi connectivity index (χ4v) is 6.20. The predicted molar refractivity (Wildman–Crippen MR) is 122 cm³/mol. The maximum absolute atomic E-state index is 13.1. The zero-order chi connectivity index (χ0) is 23.7. The van der Waals surface area contributed by atoms with Gasteiger partial charge in [-0.05, 0) is 41.8 Å². The van der Waals surface area contributed by atoms with E-state index in [2.05, 4.69) is 9.44 Å². The zero-order valence-electron chi connectivity index (χ0n) is 16.0. The van der Waals surface area contributed by atoms with Gasteiger partial charge in [0.25, 0.3) is 20.0 Å². The van der Waals surface area contributed by atoms with Gasteiger partial charge in [-0.25, -0.2) is 21.6 Å². The van der Waals surface area contributed by atoms with Crippen molar-refractivity contribution < 1.29 is 31.5 Å². The predicted octanol–water partition coefficient (Wildman–Crippen LogP) is 4.36. The number of carboxylic acid groups (broad SMARTS) is 1. The third-order valence-corrected chi connectivity index (χ3v) is 8.88. The van der Waals surface area contributed by atoms with E-state index in [-0.39, 0.29) is 36.9 Å². The summed E-state index contributed by atoms with van der Waals surface area (Å²) in [6, 6.07) is 8.47. The SMILES string of the molecule is COc1ccc(C(=O)O)cc1S(=O)(=O)Nc1cc(Cl)c(Cl)cc1NS(=O)(=O)c1cccs1. The smallest absolute Gasteiger partial charge is 0.335 e. The standard InChI is InChI=1S/C18H14Cl2N2O7S3/c1-29-15-5-4-10(18(23)24)7-16(15)31(25,26)21-13-8-11(19)12(20)9-14(13)22-32(27,28)17-3-2-6-30-17/h2-9,21-22H,1H3,(H,23,24). The summed E-state index contributed by atoms with van der Waals surface area (Å²) in [7, 11) is -7.27. The number of carboxylic acids is 1. The lowest BCUT2D eigenvalue weighted by Crippen LogP contribution is -2.18. The van der Waals surface area contributed by atoms with E-state index in [1.54, 1.807) is 11.4 Å². The van der Waals surface area contributed by atoms with Crippen molar-refractivity contribution in [2.24, 2.45) is 0 Å². The van der Waals surface area contributed by atoms with E-state index in [1.165, 1.54) is 25.3 Å². The molecule has 0 aliphatic carbocycles. The minimum atomic E-state index is -4.45. The second kappa shape index (κ2) is 9.16. The Morgan fingerprint density at radius 2 is 1.56 bits per heavy atom. The second-order valence-corrected chi connectivity index (χ2v) is 11.4. The third-order valence-electron chi connectivity index (χ3n) is 4.01. The molecular weight excluding hydrogens is 523 g/mol. The molecule has 0 amide bonds. The molecule has 1 aromatic heterocycles. The molecule has 0 atom stereocenters. The van der Waals surface area contributed by atoms with Gasteiger partial charge < -0.3 is 9.84 Å². The summed E-state index contributed by atoms with van der Waals surface area (Å²) in [5, 5.41) is 10.7. The average molecular weight is 537 g/mol. The summed E-state index contributed by atoms with van der Waals surface area (Å²) < 4.78 is 60.9. The maximum atomic E-state index is 13.1. The summed E-state index contributed by atoms with van der Waals surface area (Å²) in [5.74, 6) is -1.47. The zero-order valence-corrected chi connectivity index (χ0v) is 20.0. The van der Waals surface area contributed by atoms with Crippen LogP contribution in [0.5, 0.6) is 5.75 Å². The van der Waals surface area contributed by atoms with E-state index in [1.807, 2.05) is 0 Å². The van der Waals surface area contributed by atoms with Crippen LogP contribution in [0.25, 0.3) is 0 Å². The highest BCUT2D eigenvalue weighted by atomic mass is 35.5. The van der Waals surface area contributed by atoms with Crippen molar-refractivity contribution >= 4 is 71.9 Å². The number of hydrogen-bond donors (Lipinski definition) is 3. The molecule has 1 heterocycles. The Labute approximate surface area is 197 Å². The van der Waals surface area contributed by atoms with Crippen molar-refractivity contribution in [1.29, 1.82) is 0 Å². The highest BCUT2D eigenvalue weighted by molar-refractivity contribution is 7.94. The lowest BCUT2D eigenvalue weighted by Gasteiger charge is -2.17. The Kier molecular flexibility index (Phi) is 6.91. The van der Waals surface area contributed by atoms with E-state index < -0.39 is 30.9 Å². The molecule has 0 fully saturated rings. The fraction of sp³-hybridized carbons (Fsp3) is 0.0556. The van der Waals surface area contributed by atoms with Crippen molar-refractivity contribution in [1.82, 2.24) is 0 Å². The quantitative estimate of drug-likeness (QED) is 0.388. The van der Waals surface area contributed by atoms with Gasteiger partial charge in [0.1, 0.15) is 14.9 Å². The van der Waals surface area contributed by atoms with Crippen LogP contribution in [0, 0.1) is 0 Å². The number of carbonyl (C=O) groups is 1. The topological polar surface area (TPSA) is 139 Å². The first kappa shape index (κ1) is 24.1. The molecule has 14 heteroatoms. The molecular formula is C18H14Cl2N2O7S3. The van der Waals surface area contributed by atoms with E-state index in [0.717, 1.165) is 29.5 Å². The van der Waals surface area contributed by atoms with E-state index in [9.17, 15) is 26.7 Å². The fourth-order valence-electron chi connectivity index (χ4n) is 2.55. The number of hydrogen-bond acceptors (Lipinski definition) is 7. The molecule has 0 spiro atoms. The van der Waals surface area contributed by atoms with Crippen molar-refractivity contribution in [3.63, 3.8) is 0 Å². The average Bonchev–Trinajstić information content (AvgIpc) is 3.27. The van der Waals surface area contributed by atoms with Crippen LogP contribution in [0.15, 0.2) is 56.9 Å². The van der Waals surface area contributed by atoms with Crippen molar-refractivity contribution in [3.8, 4) is 5.75 Å². The van der Waals surface area contributed by atoms with Gasteiger partial charge in [0.2, 0.25) is 0 Å². The number of methoxy groups -OCH3 is 1. The number of anilines is 2. The van der Waals surface area contributed by atoms with Crippen LogP contribution in [0.4, 0.5) is 11.4 Å². The third kappa shape index (κ3) is 5.10.